The SMILES string of the molecule is NCCc1ccc(CO)cc1CO. The molecule has 4 N–H and O–H groups in total. The molecule has 0 aliphatic rings. The van der Waals surface area contributed by atoms with E-state index in [2.05, 4.69) is 0 Å². The van der Waals surface area contributed by atoms with Gasteiger partial charge in [-0.25, -0.2) is 0 Å². The van der Waals surface area contributed by atoms with E-state index in [4.69, 9.17) is 15.9 Å². The molecule has 0 radical (unpaired) electrons. The molecule has 3 nitrogen and oxygen atoms in total. The Kier molecular flexibility index (Phi) is 3.89. The van der Waals surface area contributed by atoms with E-state index in [1.807, 2.05) is 18.2 Å². The van der Waals surface area contributed by atoms with Gasteiger partial charge < -0.3 is 15.9 Å². The van der Waals surface area contributed by atoms with Gasteiger partial charge in [0.2, 0.25) is 0 Å². The van der Waals surface area contributed by atoms with Crippen molar-refractivity contribution >= 4 is 0 Å². The van der Waals surface area contributed by atoms with Crippen LogP contribution in [-0.4, -0.2) is 16.8 Å². The molecule has 0 unspecified atom stereocenters. The summed E-state index contributed by atoms with van der Waals surface area (Å²) in [4.78, 5) is 0. The van der Waals surface area contributed by atoms with E-state index in [1.54, 1.807) is 0 Å². The summed E-state index contributed by atoms with van der Waals surface area (Å²) in [5, 5.41) is 17.9. The topological polar surface area (TPSA) is 66.5 Å². The Balaban J connectivity index is 2.93. The lowest BCUT2D eigenvalue weighted by Gasteiger charge is -2.07. The molecule has 0 saturated carbocycles. The Labute approximate surface area is 77.8 Å². The molecule has 3 heteroatoms. The molecule has 0 aliphatic carbocycles. The monoisotopic (exact) mass is 181 g/mol. The average molecular weight is 181 g/mol. The van der Waals surface area contributed by atoms with E-state index in [-0.39, 0.29) is 13.2 Å². The summed E-state index contributed by atoms with van der Waals surface area (Å²) in [7, 11) is 0. The zero-order valence-corrected chi connectivity index (χ0v) is 7.53. The first-order valence-corrected chi connectivity index (χ1v) is 4.34. The van der Waals surface area contributed by atoms with Gasteiger partial charge in [0.15, 0.2) is 0 Å². The first-order valence-electron chi connectivity index (χ1n) is 4.34. The van der Waals surface area contributed by atoms with Gasteiger partial charge in [-0.1, -0.05) is 18.2 Å². The summed E-state index contributed by atoms with van der Waals surface area (Å²) in [5.41, 5.74) is 8.16. The molecule has 0 heterocycles. The van der Waals surface area contributed by atoms with Crippen LogP contribution < -0.4 is 5.73 Å². The Morgan fingerprint density at radius 1 is 1.08 bits per heavy atom. The Morgan fingerprint density at radius 2 is 1.85 bits per heavy atom. The van der Waals surface area contributed by atoms with Crippen molar-refractivity contribution in [3.63, 3.8) is 0 Å². The molecule has 0 spiro atoms. The number of aliphatic hydroxyl groups excluding tert-OH is 2. The van der Waals surface area contributed by atoms with Crippen molar-refractivity contribution in [1.29, 1.82) is 0 Å². The normalized spacial score (nSPS) is 10.4. The molecule has 0 bridgehead atoms. The Morgan fingerprint density at radius 3 is 2.38 bits per heavy atom. The number of aliphatic hydroxyl groups is 2. The standard InChI is InChI=1S/C10H15NO2/c11-4-3-9-2-1-8(6-12)5-10(9)7-13/h1-2,5,12-13H,3-4,6-7,11H2. The summed E-state index contributed by atoms with van der Waals surface area (Å²) in [5.74, 6) is 0. The highest BCUT2D eigenvalue weighted by Crippen LogP contribution is 2.12. The number of benzene rings is 1. The van der Waals surface area contributed by atoms with Crippen molar-refractivity contribution in [2.75, 3.05) is 6.54 Å². The van der Waals surface area contributed by atoms with Crippen molar-refractivity contribution < 1.29 is 10.2 Å². The van der Waals surface area contributed by atoms with E-state index in [1.165, 1.54) is 0 Å². The second kappa shape index (κ2) is 4.97. The fourth-order valence-corrected chi connectivity index (χ4v) is 1.32. The number of hydrogen-bond acceptors (Lipinski definition) is 3. The van der Waals surface area contributed by atoms with Crippen LogP contribution in [0.5, 0.6) is 0 Å². The minimum absolute atomic E-state index is 0.00315. The van der Waals surface area contributed by atoms with E-state index in [0.29, 0.717) is 6.54 Å². The Hall–Kier alpha value is -0.900. The fraction of sp³-hybridized carbons (Fsp3) is 0.400. The molecule has 0 amide bonds. The largest absolute Gasteiger partial charge is 0.392 e. The minimum atomic E-state index is 0.00315. The predicted molar refractivity (Wildman–Crippen MR) is 51.0 cm³/mol. The van der Waals surface area contributed by atoms with Crippen LogP contribution in [0.1, 0.15) is 16.7 Å². The quantitative estimate of drug-likeness (QED) is 0.620. The number of nitrogens with two attached hydrogens (primary N) is 1. The predicted octanol–water partition coefficient (Wildman–Crippen LogP) is 0.172. The second-order valence-electron chi connectivity index (χ2n) is 2.96. The first-order chi connectivity index (χ1) is 6.31. The molecule has 0 atom stereocenters. The Bertz CT molecular complexity index is 274. The highest BCUT2D eigenvalue weighted by molar-refractivity contribution is 5.31. The van der Waals surface area contributed by atoms with Crippen LogP contribution in [0.3, 0.4) is 0 Å². The molecule has 1 aromatic carbocycles. The second-order valence-corrected chi connectivity index (χ2v) is 2.96. The number of rotatable bonds is 4. The van der Waals surface area contributed by atoms with Gasteiger partial charge in [0.05, 0.1) is 13.2 Å². The summed E-state index contributed by atoms with van der Waals surface area (Å²) in [6.45, 7) is 0.588. The lowest BCUT2D eigenvalue weighted by atomic mass is 10.0. The molecule has 13 heavy (non-hydrogen) atoms. The van der Waals surface area contributed by atoms with Crippen LogP contribution in [0, 0.1) is 0 Å². The van der Waals surface area contributed by atoms with Gasteiger partial charge in [-0.3, -0.25) is 0 Å². The van der Waals surface area contributed by atoms with E-state index in [9.17, 15) is 0 Å². The van der Waals surface area contributed by atoms with Gasteiger partial charge in [0.25, 0.3) is 0 Å². The summed E-state index contributed by atoms with van der Waals surface area (Å²) in [6.07, 6.45) is 0.765. The molecule has 1 rings (SSSR count). The van der Waals surface area contributed by atoms with Crippen LogP contribution in [-0.2, 0) is 19.6 Å². The van der Waals surface area contributed by atoms with Crippen LogP contribution in [0.4, 0.5) is 0 Å². The van der Waals surface area contributed by atoms with Crippen molar-refractivity contribution in [3.8, 4) is 0 Å². The van der Waals surface area contributed by atoms with Gasteiger partial charge in [0, 0.05) is 0 Å². The molecule has 0 aromatic heterocycles. The number of hydrogen-bond donors (Lipinski definition) is 3. The van der Waals surface area contributed by atoms with Crippen LogP contribution in [0.15, 0.2) is 18.2 Å². The molecule has 72 valence electrons. The molecule has 0 saturated heterocycles. The zero-order chi connectivity index (χ0) is 9.68. The van der Waals surface area contributed by atoms with Crippen molar-refractivity contribution in [1.82, 2.24) is 0 Å². The van der Waals surface area contributed by atoms with Crippen LogP contribution in [0.2, 0.25) is 0 Å². The zero-order valence-electron chi connectivity index (χ0n) is 7.53. The highest BCUT2D eigenvalue weighted by atomic mass is 16.3. The van der Waals surface area contributed by atoms with Gasteiger partial charge in [-0.2, -0.15) is 0 Å². The van der Waals surface area contributed by atoms with Crippen LogP contribution >= 0.6 is 0 Å². The molecule has 0 aliphatic heterocycles. The van der Waals surface area contributed by atoms with Gasteiger partial charge >= 0.3 is 0 Å². The van der Waals surface area contributed by atoms with Crippen molar-refractivity contribution in [2.24, 2.45) is 5.73 Å². The maximum atomic E-state index is 9.04. The summed E-state index contributed by atoms with van der Waals surface area (Å²) in [6, 6.07) is 5.57. The van der Waals surface area contributed by atoms with Gasteiger partial charge in [-0.15, -0.1) is 0 Å². The lowest BCUT2D eigenvalue weighted by Crippen LogP contribution is -2.05. The maximum absolute atomic E-state index is 9.04. The molecular weight excluding hydrogens is 166 g/mol. The van der Waals surface area contributed by atoms with Gasteiger partial charge in [-0.05, 0) is 29.7 Å². The average Bonchev–Trinajstić information content (AvgIpc) is 2.19. The van der Waals surface area contributed by atoms with E-state index in [0.717, 1.165) is 23.1 Å². The van der Waals surface area contributed by atoms with Crippen molar-refractivity contribution in [3.05, 3.63) is 34.9 Å². The van der Waals surface area contributed by atoms with Crippen molar-refractivity contribution in [2.45, 2.75) is 19.6 Å². The molecular formula is C10H15NO2. The van der Waals surface area contributed by atoms with E-state index >= 15 is 0 Å². The fourth-order valence-electron chi connectivity index (χ4n) is 1.32. The molecule has 1 aromatic rings. The summed E-state index contributed by atoms with van der Waals surface area (Å²) < 4.78 is 0. The van der Waals surface area contributed by atoms with E-state index < -0.39 is 0 Å². The smallest absolute Gasteiger partial charge is 0.0684 e. The lowest BCUT2D eigenvalue weighted by molar-refractivity contribution is 0.274. The minimum Gasteiger partial charge on any atom is -0.392 e. The third-order valence-corrected chi connectivity index (χ3v) is 2.04. The molecule has 0 fully saturated rings. The summed E-state index contributed by atoms with van der Waals surface area (Å²) >= 11 is 0. The van der Waals surface area contributed by atoms with Gasteiger partial charge in [0.1, 0.15) is 0 Å². The highest BCUT2D eigenvalue weighted by Gasteiger charge is 2.01. The first kappa shape index (κ1) is 10.2. The third kappa shape index (κ3) is 2.52. The third-order valence-electron chi connectivity index (χ3n) is 2.04. The maximum Gasteiger partial charge on any atom is 0.0684 e. The van der Waals surface area contributed by atoms with Crippen LogP contribution in [0.25, 0.3) is 0 Å².